The largest absolute Gasteiger partial charge is 0.508 e. The molecule has 5 nitrogen and oxygen atoms in total. The number of hydrogen-bond acceptors (Lipinski definition) is 4. The van der Waals surface area contributed by atoms with E-state index in [1.165, 1.54) is 31.5 Å². The number of halogens is 3. The number of alkyl halides is 3. The van der Waals surface area contributed by atoms with E-state index in [0.29, 0.717) is 29.7 Å². The number of nitrogens with zero attached hydrogens (tertiary/aromatic N) is 2. The van der Waals surface area contributed by atoms with E-state index in [2.05, 4.69) is 10.4 Å². The van der Waals surface area contributed by atoms with Gasteiger partial charge in [0, 0.05) is 18.4 Å². The van der Waals surface area contributed by atoms with Crippen LogP contribution in [-0.2, 0) is 0 Å². The van der Waals surface area contributed by atoms with E-state index in [1.54, 1.807) is 18.2 Å². The lowest BCUT2D eigenvalue weighted by Gasteiger charge is -2.56. The van der Waals surface area contributed by atoms with Gasteiger partial charge in [0.15, 0.2) is 11.8 Å². The molecule has 33 heavy (non-hydrogen) atoms. The highest BCUT2D eigenvalue weighted by atomic mass is 19.4. The Morgan fingerprint density at radius 3 is 2.33 bits per heavy atom. The van der Waals surface area contributed by atoms with Gasteiger partial charge >= 0.3 is 6.18 Å². The van der Waals surface area contributed by atoms with Crippen molar-refractivity contribution in [3.63, 3.8) is 0 Å². The zero-order valence-corrected chi connectivity index (χ0v) is 18.3. The van der Waals surface area contributed by atoms with Crippen LogP contribution in [0.3, 0.4) is 0 Å². The van der Waals surface area contributed by atoms with E-state index in [-0.39, 0.29) is 34.7 Å². The quantitative estimate of drug-likeness (QED) is 0.547. The molecule has 4 fully saturated rings. The monoisotopic (exact) mass is 459 g/mol. The molecule has 1 aromatic heterocycles. The number of fused-ring (bicyclic) bond motifs is 1. The molecule has 2 N–H and O–H groups in total. The molecule has 7 rings (SSSR count). The van der Waals surface area contributed by atoms with Crippen LogP contribution in [0.5, 0.6) is 5.75 Å². The van der Waals surface area contributed by atoms with Crippen molar-refractivity contribution in [3.8, 4) is 5.75 Å². The second kappa shape index (κ2) is 7.24. The Kier molecular flexibility index (Phi) is 4.62. The molecule has 0 amide bonds. The molecular weight excluding hydrogens is 431 g/mol. The van der Waals surface area contributed by atoms with Gasteiger partial charge in [-0.1, -0.05) is 18.2 Å². The van der Waals surface area contributed by atoms with Crippen LogP contribution in [0.25, 0.3) is 0 Å². The number of phenolic OH excluding ortho intramolecular Hbond substituents is 1. The van der Waals surface area contributed by atoms with Crippen molar-refractivity contribution in [2.75, 3.05) is 5.32 Å². The molecule has 8 heteroatoms. The Hall–Kier alpha value is -2.51. The van der Waals surface area contributed by atoms with Crippen LogP contribution >= 0.6 is 0 Å². The number of carbonyl (C=O) groups excluding carboxylic acids is 1. The summed E-state index contributed by atoms with van der Waals surface area (Å²) in [6, 6.07) is 3.76. The number of phenols is 1. The SMILES string of the molecule is O=C(CC12CC3CC(CC(C3)C1)C2)c1cnn2c1N[C@H](c1ccccc1O)C[C@@H]2C(F)(F)F. The Labute approximate surface area is 190 Å². The normalized spacial score (nSPS) is 34.7. The molecule has 0 saturated heterocycles. The van der Waals surface area contributed by atoms with Gasteiger partial charge in [0.25, 0.3) is 0 Å². The van der Waals surface area contributed by atoms with E-state index >= 15 is 0 Å². The van der Waals surface area contributed by atoms with Crippen molar-refractivity contribution in [2.45, 2.75) is 69.6 Å². The Balaban J connectivity index is 1.32. The fourth-order valence-electron chi connectivity index (χ4n) is 7.70. The van der Waals surface area contributed by atoms with Crippen LogP contribution in [0.2, 0.25) is 0 Å². The first-order valence-electron chi connectivity index (χ1n) is 11.9. The number of aromatic nitrogens is 2. The number of ketones is 1. The second-order valence-corrected chi connectivity index (χ2v) is 10.9. The molecule has 2 atom stereocenters. The van der Waals surface area contributed by atoms with Crippen LogP contribution in [0.15, 0.2) is 30.5 Å². The standard InChI is InChI=1S/C25H28F3N3O2/c26-25(27,28)22-8-19(17-3-1-2-4-20(17)32)30-23-18(13-29-31(22)23)21(33)12-24-9-14-5-15(10-24)7-16(6-14)11-24/h1-4,13-16,19,22,30,32H,5-12H2/t14?,15?,16?,19-,22+,24?/m0/s1. The first kappa shape index (κ1) is 21.1. The van der Waals surface area contributed by atoms with Crippen molar-refractivity contribution in [1.82, 2.24) is 9.78 Å². The highest BCUT2D eigenvalue weighted by Gasteiger charge is 2.52. The van der Waals surface area contributed by atoms with Crippen LogP contribution in [0.1, 0.15) is 79.4 Å². The first-order chi connectivity index (χ1) is 15.7. The van der Waals surface area contributed by atoms with Crippen molar-refractivity contribution in [3.05, 3.63) is 41.6 Å². The average molecular weight is 460 g/mol. The van der Waals surface area contributed by atoms with Crippen LogP contribution in [0.4, 0.5) is 19.0 Å². The predicted octanol–water partition coefficient (Wildman–Crippen LogP) is 6.04. The van der Waals surface area contributed by atoms with Crippen LogP contribution < -0.4 is 5.32 Å². The highest BCUT2D eigenvalue weighted by Crippen LogP contribution is 2.61. The fraction of sp³-hybridized carbons (Fsp3) is 0.600. The van der Waals surface area contributed by atoms with E-state index in [1.807, 2.05) is 0 Å². The lowest BCUT2D eigenvalue weighted by molar-refractivity contribution is -0.173. The van der Waals surface area contributed by atoms with Gasteiger partial charge in [-0.2, -0.15) is 18.3 Å². The third kappa shape index (κ3) is 3.53. The van der Waals surface area contributed by atoms with Gasteiger partial charge in [-0.15, -0.1) is 0 Å². The maximum Gasteiger partial charge on any atom is 0.410 e. The van der Waals surface area contributed by atoms with Crippen molar-refractivity contribution in [2.24, 2.45) is 23.2 Å². The number of benzene rings is 1. The van der Waals surface area contributed by atoms with E-state index in [9.17, 15) is 23.1 Å². The Morgan fingerprint density at radius 1 is 1.09 bits per heavy atom. The summed E-state index contributed by atoms with van der Waals surface area (Å²) in [5.74, 6) is 2.02. The number of hydrogen-bond donors (Lipinski definition) is 2. The minimum absolute atomic E-state index is 0.00412. The van der Waals surface area contributed by atoms with Crippen molar-refractivity contribution in [1.29, 1.82) is 0 Å². The second-order valence-electron chi connectivity index (χ2n) is 10.9. The highest BCUT2D eigenvalue weighted by molar-refractivity contribution is 6.01. The van der Waals surface area contributed by atoms with Gasteiger partial charge in [-0.25, -0.2) is 4.68 Å². The molecule has 0 spiro atoms. The summed E-state index contributed by atoms with van der Waals surface area (Å²) in [6.45, 7) is 0. The number of para-hydroxylation sites is 1. The van der Waals surface area contributed by atoms with Gasteiger partial charge in [0.2, 0.25) is 0 Å². The molecule has 1 aliphatic heterocycles. The summed E-state index contributed by atoms with van der Waals surface area (Å²) in [5, 5.41) is 17.4. The van der Waals surface area contributed by atoms with Gasteiger partial charge in [-0.3, -0.25) is 4.79 Å². The number of rotatable bonds is 4. The molecule has 4 aliphatic carbocycles. The minimum Gasteiger partial charge on any atom is -0.508 e. The molecule has 1 aromatic carbocycles. The smallest absolute Gasteiger partial charge is 0.410 e. The maximum absolute atomic E-state index is 14.0. The van der Waals surface area contributed by atoms with Crippen molar-refractivity contribution < 1.29 is 23.1 Å². The lowest BCUT2D eigenvalue weighted by Crippen LogP contribution is -2.46. The van der Waals surface area contributed by atoms with Gasteiger partial charge in [-0.05, 0) is 67.8 Å². The lowest BCUT2D eigenvalue weighted by atomic mass is 9.48. The van der Waals surface area contributed by atoms with Crippen LogP contribution in [0, 0.1) is 23.2 Å². The predicted molar refractivity (Wildman–Crippen MR) is 116 cm³/mol. The third-order valence-corrected chi connectivity index (χ3v) is 8.55. The number of nitrogens with one attached hydrogen (secondary N) is 1. The van der Waals surface area contributed by atoms with Crippen LogP contribution in [-0.4, -0.2) is 26.8 Å². The fourth-order valence-corrected chi connectivity index (χ4v) is 7.70. The zero-order chi connectivity index (χ0) is 23.0. The van der Waals surface area contributed by atoms with Crippen molar-refractivity contribution >= 4 is 11.6 Å². The number of carbonyl (C=O) groups is 1. The molecular formula is C25H28F3N3O2. The van der Waals surface area contributed by atoms with Gasteiger partial charge in [0.05, 0.1) is 17.8 Å². The summed E-state index contributed by atoms with van der Waals surface area (Å²) in [5.41, 5.74) is 0.620. The molecule has 2 heterocycles. The number of anilines is 1. The molecule has 4 saturated carbocycles. The Bertz CT molecular complexity index is 1060. The van der Waals surface area contributed by atoms with E-state index in [4.69, 9.17) is 0 Å². The molecule has 5 aliphatic rings. The van der Waals surface area contributed by atoms with E-state index < -0.39 is 18.3 Å². The summed E-state index contributed by atoms with van der Waals surface area (Å²) >= 11 is 0. The van der Waals surface area contributed by atoms with Gasteiger partial charge < -0.3 is 10.4 Å². The molecule has 176 valence electrons. The molecule has 0 radical (unpaired) electrons. The molecule has 4 bridgehead atoms. The summed E-state index contributed by atoms with van der Waals surface area (Å²) in [6.07, 6.45) is 3.86. The average Bonchev–Trinajstić information content (AvgIpc) is 3.15. The zero-order valence-electron chi connectivity index (χ0n) is 18.3. The summed E-state index contributed by atoms with van der Waals surface area (Å²) < 4.78 is 42.8. The third-order valence-electron chi connectivity index (χ3n) is 8.55. The Morgan fingerprint density at radius 2 is 1.73 bits per heavy atom. The summed E-state index contributed by atoms with van der Waals surface area (Å²) in [7, 11) is 0. The van der Waals surface area contributed by atoms with Gasteiger partial charge in [0.1, 0.15) is 11.6 Å². The first-order valence-corrected chi connectivity index (χ1v) is 11.9. The topological polar surface area (TPSA) is 67.2 Å². The number of aromatic hydroxyl groups is 1. The summed E-state index contributed by atoms with van der Waals surface area (Å²) in [4.78, 5) is 13.5. The molecule has 0 unspecified atom stereocenters. The maximum atomic E-state index is 14.0. The van der Waals surface area contributed by atoms with E-state index in [0.717, 1.165) is 23.9 Å². The minimum atomic E-state index is -4.52. The number of Topliss-reactive ketones (excluding diaryl/α,β-unsaturated/α-hetero) is 1. The molecule has 2 aromatic rings.